The molecule has 0 N–H and O–H groups in total. The number of unbranched alkanes of at least 4 members (excludes halogenated alkanes) is 3. The molecule has 198 valence electrons. The number of hydrogen-bond donors (Lipinski definition) is 0. The molecule has 0 unspecified atom stereocenters. The van der Waals surface area contributed by atoms with E-state index in [4.69, 9.17) is 18.9 Å². The van der Waals surface area contributed by atoms with Crippen molar-refractivity contribution in [1.82, 2.24) is 0 Å². The first-order valence-electron chi connectivity index (χ1n) is 13.5. The first-order chi connectivity index (χ1) is 17.7. The maximum Gasteiger partial charge on any atom is 0.180 e. The molecule has 0 amide bonds. The van der Waals surface area contributed by atoms with Crippen LogP contribution in [0.2, 0.25) is 13.3 Å². The van der Waals surface area contributed by atoms with Crippen molar-refractivity contribution in [2.24, 2.45) is 0 Å². The number of fused-ring (bicyclic) bond motifs is 2. The Hall–Kier alpha value is -0.901. The molecule has 5 heterocycles. The fourth-order valence-electron chi connectivity index (χ4n) is 4.93. The largest absolute Gasteiger partial charge is 0.485 e. The summed E-state index contributed by atoms with van der Waals surface area (Å²) in [7, 11) is 0. The smallest absolute Gasteiger partial charge is 0.180 e. The van der Waals surface area contributed by atoms with Crippen molar-refractivity contribution in [3.63, 3.8) is 0 Å². The summed E-state index contributed by atoms with van der Waals surface area (Å²) in [6, 6.07) is 4.16. The summed E-state index contributed by atoms with van der Waals surface area (Å²) in [4.78, 5) is 2.44. The molecular weight excluding hydrogens is 615 g/mol. The molecule has 8 heteroatoms. The van der Waals surface area contributed by atoms with Gasteiger partial charge in [-0.15, -0.1) is 22.7 Å². The van der Waals surface area contributed by atoms with Crippen molar-refractivity contribution in [3.05, 3.63) is 28.3 Å². The standard InChI is InChI=1S/C10H8O2S2.C6H5O2S.3C4H9.Sn/c1-2-8(13-5-1)10-9-7(6-14-10)11-3-4-12-9;1-2-8-6-4-9-3-5(6)7-1;3*1-3-4-2;/h1-2,5-6H,3-4H2;3H,1-2H2;3*1,3-4H2,2H3;. The maximum absolute atomic E-state index is 6.08. The van der Waals surface area contributed by atoms with Crippen LogP contribution in [0.25, 0.3) is 9.75 Å². The Balaban J connectivity index is 0.000000185. The van der Waals surface area contributed by atoms with Gasteiger partial charge in [0.15, 0.2) is 11.5 Å². The Kier molecular flexibility index (Phi) is 11.2. The molecule has 0 saturated heterocycles. The number of thiophene rings is 3. The molecule has 0 bridgehead atoms. The van der Waals surface area contributed by atoms with Gasteiger partial charge in [-0.2, -0.15) is 0 Å². The van der Waals surface area contributed by atoms with Gasteiger partial charge >= 0.3 is 145 Å². The van der Waals surface area contributed by atoms with E-state index in [1.54, 1.807) is 25.6 Å². The molecule has 5 rings (SSSR count). The average molecular weight is 656 g/mol. The Morgan fingerprint density at radius 2 is 1.25 bits per heavy atom. The van der Waals surface area contributed by atoms with E-state index < -0.39 is 18.4 Å². The van der Waals surface area contributed by atoms with Gasteiger partial charge in [0.25, 0.3) is 0 Å². The molecule has 0 aliphatic carbocycles. The molecule has 0 fully saturated rings. The van der Waals surface area contributed by atoms with Gasteiger partial charge in [0.1, 0.15) is 13.2 Å². The van der Waals surface area contributed by atoms with Crippen molar-refractivity contribution in [1.29, 1.82) is 0 Å². The van der Waals surface area contributed by atoms with Crippen LogP contribution < -0.4 is 21.8 Å². The Morgan fingerprint density at radius 3 is 1.83 bits per heavy atom. The Bertz CT molecular complexity index is 1020. The second-order valence-corrected chi connectivity index (χ2v) is 26.2. The fourth-order valence-corrected chi connectivity index (χ4v) is 27.2. The molecule has 3 aromatic heterocycles. The molecule has 4 nitrogen and oxygen atoms in total. The predicted molar refractivity (Wildman–Crippen MR) is 158 cm³/mol. The van der Waals surface area contributed by atoms with E-state index in [1.165, 1.54) is 61.6 Å². The van der Waals surface area contributed by atoms with E-state index in [2.05, 4.69) is 43.7 Å². The van der Waals surface area contributed by atoms with Crippen molar-refractivity contribution in [2.75, 3.05) is 26.4 Å². The summed E-state index contributed by atoms with van der Waals surface area (Å²) in [5.74, 6) is 4.01. The van der Waals surface area contributed by atoms with Gasteiger partial charge in [0, 0.05) is 10.3 Å². The molecule has 0 saturated carbocycles. The Labute approximate surface area is 232 Å². The number of ether oxygens (including phenoxy) is 4. The zero-order valence-corrected chi connectivity index (χ0v) is 27.2. The predicted octanol–water partition coefficient (Wildman–Crippen LogP) is 8.82. The molecule has 0 atom stereocenters. The van der Waals surface area contributed by atoms with E-state index in [1.807, 2.05) is 16.7 Å². The molecule has 3 aromatic rings. The minimum Gasteiger partial charge on any atom is -0.485 e. The quantitative estimate of drug-likeness (QED) is 0.194. The zero-order valence-electron chi connectivity index (χ0n) is 21.9. The summed E-state index contributed by atoms with van der Waals surface area (Å²) in [6.07, 6.45) is 8.16. The molecule has 0 aromatic carbocycles. The topological polar surface area (TPSA) is 36.9 Å². The summed E-state index contributed by atoms with van der Waals surface area (Å²) in [5, 5.41) is 6.31. The van der Waals surface area contributed by atoms with Crippen LogP contribution in [0, 0.1) is 0 Å². The van der Waals surface area contributed by atoms with Crippen LogP contribution in [0.3, 0.4) is 0 Å². The molecule has 2 aliphatic rings. The zero-order chi connectivity index (χ0) is 25.2. The molecule has 0 spiro atoms. The summed E-state index contributed by atoms with van der Waals surface area (Å²) >= 11 is 3.03. The monoisotopic (exact) mass is 656 g/mol. The number of hydrogen-bond acceptors (Lipinski definition) is 7. The van der Waals surface area contributed by atoms with Gasteiger partial charge in [-0.1, -0.05) is 6.07 Å². The molecule has 36 heavy (non-hydrogen) atoms. The van der Waals surface area contributed by atoms with E-state index in [-0.39, 0.29) is 0 Å². The van der Waals surface area contributed by atoms with Crippen LogP contribution in [0.4, 0.5) is 0 Å². The van der Waals surface area contributed by atoms with Crippen LogP contribution in [-0.2, 0) is 0 Å². The van der Waals surface area contributed by atoms with Crippen LogP contribution in [-0.4, -0.2) is 44.8 Å². The molecule has 0 radical (unpaired) electrons. The summed E-state index contributed by atoms with van der Waals surface area (Å²) in [6.45, 7) is 9.76. The summed E-state index contributed by atoms with van der Waals surface area (Å²) < 4.78 is 29.2. The van der Waals surface area contributed by atoms with E-state index in [9.17, 15) is 0 Å². The van der Waals surface area contributed by atoms with Gasteiger partial charge in [0.2, 0.25) is 0 Å². The third-order valence-electron chi connectivity index (χ3n) is 6.86. The van der Waals surface area contributed by atoms with Crippen molar-refractivity contribution >= 4 is 55.3 Å². The average Bonchev–Trinajstić information content (AvgIpc) is 3.68. The Morgan fingerprint density at radius 1 is 0.694 bits per heavy atom. The molecular formula is C28H40O4S3Sn. The first-order valence-corrected chi connectivity index (χ1v) is 23.6. The summed E-state index contributed by atoms with van der Waals surface area (Å²) in [5.41, 5.74) is 0. The molecule has 2 aliphatic heterocycles. The minimum atomic E-state index is -2.35. The van der Waals surface area contributed by atoms with Gasteiger partial charge < -0.3 is 9.47 Å². The van der Waals surface area contributed by atoms with Crippen molar-refractivity contribution in [2.45, 2.75) is 72.6 Å². The van der Waals surface area contributed by atoms with Crippen molar-refractivity contribution < 1.29 is 18.9 Å². The van der Waals surface area contributed by atoms with Crippen molar-refractivity contribution in [3.8, 4) is 32.8 Å². The van der Waals surface area contributed by atoms with Crippen LogP contribution in [0.1, 0.15) is 59.3 Å². The van der Waals surface area contributed by atoms with E-state index in [0.29, 0.717) is 19.8 Å². The number of rotatable bonds is 11. The SMILES string of the molecule is CCC[CH2][Sn]([CH2]CCC)([CH2]CCC)[c]1scc2c1OCCO2.c1csc(-c2scc3c2OCCO3)c1. The van der Waals surface area contributed by atoms with Gasteiger partial charge in [-0.05, 0) is 11.4 Å². The van der Waals surface area contributed by atoms with E-state index >= 15 is 0 Å². The van der Waals surface area contributed by atoms with Crippen LogP contribution in [0.5, 0.6) is 23.0 Å². The minimum absolute atomic E-state index is 0.655. The van der Waals surface area contributed by atoms with Gasteiger partial charge in [0.05, 0.1) is 4.88 Å². The van der Waals surface area contributed by atoms with Crippen LogP contribution in [0.15, 0.2) is 28.3 Å². The maximum atomic E-state index is 6.08. The first kappa shape index (κ1) is 28.1. The van der Waals surface area contributed by atoms with Crippen LogP contribution >= 0.6 is 34.0 Å². The van der Waals surface area contributed by atoms with Gasteiger partial charge in [-0.3, -0.25) is 0 Å². The third-order valence-corrected chi connectivity index (χ3v) is 28.1. The second kappa shape index (κ2) is 14.3. The fraction of sp³-hybridized carbons (Fsp3) is 0.571. The second-order valence-electron chi connectivity index (χ2n) is 9.48. The normalized spacial score (nSPS) is 14.3. The van der Waals surface area contributed by atoms with E-state index in [0.717, 1.165) is 29.6 Å². The van der Waals surface area contributed by atoms with Gasteiger partial charge in [-0.25, -0.2) is 0 Å². The third kappa shape index (κ3) is 6.75.